The Kier molecular flexibility index (Phi) is 7.73. The van der Waals surface area contributed by atoms with Crippen LogP contribution in [-0.2, 0) is 4.74 Å². The summed E-state index contributed by atoms with van der Waals surface area (Å²) in [5.74, 6) is -0.887. The van der Waals surface area contributed by atoms with Crippen LogP contribution in [0.1, 0.15) is 20.7 Å². The fourth-order valence-corrected chi connectivity index (χ4v) is 2.12. The molecule has 4 aromatic heterocycles. The number of hydrogen-bond acceptors (Lipinski definition) is 8. The molecule has 4 heterocycles. The summed E-state index contributed by atoms with van der Waals surface area (Å²) in [5.41, 5.74) is 11.1. The van der Waals surface area contributed by atoms with Gasteiger partial charge < -0.3 is 31.3 Å². The Morgan fingerprint density at radius 3 is 1.71 bits per heavy atom. The molecule has 31 heavy (non-hydrogen) atoms. The van der Waals surface area contributed by atoms with Crippen molar-refractivity contribution in [2.45, 2.75) is 0 Å². The van der Waals surface area contributed by atoms with E-state index in [1.54, 1.807) is 37.1 Å². The van der Waals surface area contributed by atoms with Gasteiger partial charge in [-0.25, -0.2) is 24.4 Å². The van der Waals surface area contributed by atoms with Crippen molar-refractivity contribution in [3.63, 3.8) is 0 Å². The summed E-state index contributed by atoms with van der Waals surface area (Å²) < 4.78 is 7.19. The molecule has 162 valence electrons. The van der Waals surface area contributed by atoms with Crippen LogP contribution >= 0.6 is 0 Å². The van der Waals surface area contributed by atoms with Gasteiger partial charge in [0.05, 0.1) is 7.11 Å². The second kappa shape index (κ2) is 10.7. The standard InChI is InChI=1S/C7H6N4O.C6H8N2O2.C5H6N2O2/c12-7(10-3-1-8-5-10)11-4-2-9-6-11;1-10-6(9)4-2-3-8-5(4)7;6-4-3(5(8)9)1-2-7-4/h1-6H;2-3,8H,7H2,1H3;1-2,7H,6H2,(H,8,9). The number of carbonyl (C=O) groups is 3. The lowest BCUT2D eigenvalue weighted by Crippen LogP contribution is -2.15. The number of nitrogens with two attached hydrogens (primary N) is 2. The van der Waals surface area contributed by atoms with E-state index in [1.807, 2.05) is 0 Å². The molecule has 0 radical (unpaired) electrons. The van der Waals surface area contributed by atoms with Gasteiger partial charge in [-0.3, -0.25) is 9.13 Å². The van der Waals surface area contributed by atoms with E-state index < -0.39 is 11.9 Å². The zero-order chi connectivity index (χ0) is 22.8. The Morgan fingerprint density at radius 1 is 0.935 bits per heavy atom. The molecule has 13 heteroatoms. The minimum absolute atomic E-state index is 0.120. The molecule has 0 spiro atoms. The number of ether oxygens (including phenoxy) is 1. The van der Waals surface area contributed by atoms with E-state index in [0.717, 1.165) is 0 Å². The minimum atomic E-state index is -1.01. The van der Waals surface area contributed by atoms with Crippen LogP contribution in [0.4, 0.5) is 16.4 Å². The van der Waals surface area contributed by atoms with Crippen molar-refractivity contribution in [1.29, 1.82) is 0 Å². The largest absolute Gasteiger partial charge is 0.478 e. The first-order valence-corrected chi connectivity index (χ1v) is 8.53. The van der Waals surface area contributed by atoms with Crippen molar-refractivity contribution in [2.24, 2.45) is 0 Å². The Balaban J connectivity index is 0.000000167. The molecule has 0 bridgehead atoms. The Hall–Kier alpha value is -4.81. The topological polar surface area (TPSA) is 200 Å². The Bertz CT molecular complexity index is 1080. The van der Waals surface area contributed by atoms with Crippen LogP contribution in [0.3, 0.4) is 0 Å². The highest BCUT2D eigenvalue weighted by atomic mass is 16.5. The number of nitrogens with zero attached hydrogens (tertiary/aromatic N) is 4. The van der Waals surface area contributed by atoms with E-state index >= 15 is 0 Å². The van der Waals surface area contributed by atoms with Crippen LogP contribution < -0.4 is 11.5 Å². The molecule has 0 amide bonds. The predicted octanol–water partition coefficient (Wildman–Crippen LogP) is 1.27. The number of rotatable bonds is 2. The Labute approximate surface area is 175 Å². The summed E-state index contributed by atoms with van der Waals surface area (Å²) in [6, 6.07) is 2.80. The highest BCUT2D eigenvalue weighted by molar-refractivity contribution is 5.94. The summed E-state index contributed by atoms with van der Waals surface area (Å²) in [6.45, 7) is 0. The zero-order valence-corrected chi connectivity index (χ0v) is 16.3. The number of carboxylic acids is 1. The van der Waals surface area contributed by atoms with Gasteiger partial charge in [0.1, 0.15) is 35.4 Å². The van der Waals surface area contributed by atoms with Gasteiger partial charge in [0.2, 0.25) is 0 Å². The van der Waals surface area contributed by atoms with Crippen LogP contribution in [0.5, 0.6) is 0 Å². The highest BCUT2D eigenvalue weighted by Crippen LogP contribution is 2.08. The average molecular weight is 428 g/mol. The van der Waals surface area contributed by atoms with Gasteiger partial charge in [0.15, 0.2) is 0 Å². The molecule has 4 aromatic rings. The average Bonchev–Trinajstić information content (AvgIpc) is 3.55. The number of H-pyrrole nitrogens is 2. The fraction of sp³-hybridized carbons (Fsp3) is 0.0556. The van der Waals surface area contributed by atoms with Crippen LogP contribution in [-0.4, -0.2) is 59.3 Å². The SMILES string of the molecule is COC(=O)c1cc[nH]c1N.Nc1[nH]ccc1C(=O)O.O=C(n1ccnc1)n1ccnc1. The number of anilines is 2. The fourth-order valence-electron chi connectivity index (χ4n) is 2.12. The third-order valence-electron chi connectivity index (χ3n) is 3.64. The molecule has 4 rings (SSSR count). The number of carboxylic acid groups (broad SMARTS) is 1. The monoisotopic (exact) mass is 428 g/mol. The van der Waals surface area contributed by atoms with Gasteiger partial charge >= 0.3 is 18.0 Å². The van der Waals surface area contributed by atoms with Crippen molar-refractivity contribution in [2.75, 3.05) is 18.6 Å². The maximum atomic E-state index is 11.4. The first-order chi connectivity index (χ1) is 14.8. The van der Waals surface area contributed by atoms with Crippen LogP contribution in [0.15, 0.2) is 62.0 Å². The van der Waals surface area contributed by atoms with Gasteiger partial charge in [-0.05, 0) is 12.1 Å². The minimum Gasteiger partial charge on any atom is -0.478 e. The van der Waals surface area contributed by atoms with Crippen LogP contribution in [0, 0.1) is 0 Å². The van der Waals surface area contributed by atoms with Gasteiger partial charge in [-0.2, -0.15) is 0 Å². The maximum Gasteiger partial charge on any atom is 0.341 e. The van der Waals surface area contributed by atoms with Gasteiger partial charge in [0.25, 0.3) is 0 Å². The van der Waals surface area contributed by atoms with Crippen molar-refractivity contribution in [1.82, 2.24) is 29.1 Å². The van der Waals surface area contributed by atoms with E-state index in [2.05, 4.69) is 24.7 Å². The zero-order valence-electron chi connectivity index (χ0n) is 16.3. The van der Waals surface area contributed by atoms with Crippen molar-refractivity contribution < 1.29 is 24.2 Å². The van der Waals surface area contributed by atoms with Gasteiger partial charge in [0, 0.05) is 37.2 Å². The molecular weight excluding hydrogens is 408 g/mol. The molecule has 0 aliphatic heterocycles. The first-order valence-electron chi connectivity index (χ1n) is 8.53. The molecule has 0 saturated heterocycles. The number of aromatic amines is 2. The van der Waals surface area contributed by atoms with Crippen LogP contribution in [0.25, 0.3) is 0 Å². The molecule has 0 aliphatic rings. The lowest BCUT2D eigenvalue weighted by Gasteiger charge is -1.98. The molecule has 0 atom stereocenters. The maximum absolute atomic E-state index is 11.4. The van der Waals surface area contributed by atoms with E-state index in [-0.39, 0.29) is 17.4 Å². The second-order valence-electron chi connectivity index (χ2n) is 5.63. The van der Waals surface area contributed by atoms with Crippen molar-refractivity contribution >= 4 is 29.6 Å². The molecule has 0 unspecified atom stereocenters. The quantitative estimate of drug-likeness (QED) is 0.291. The second-order valence-corrected chi connectivity index (χ2v) is 5.63. The summed E-state index contributed by atoms with van der Waals surface area (Å²) >= 11 is 0. The normalized spacial score (nSPS) is 9.58. The van der Waals surface area contributed by atoms with Gasteiger partial charge in [-0.1, -0.05) is 0 Å². The van der Waals surface area contributed by atoms with E-state index in [0.29, 0.717) is 11.4 Å². The molecule has 0 saturated carbocycles. The number of carbonyl (C=O) groups excluding carboxylic acids is 2. The summed E-state index contributed by atoms with van der Waals surface area (Å²) in [4.78, 5) is 45.1. The molecular formula is C18H20N8O5. The molecule has 0 aromatic carbocycles. The van der Waals surface area contributed by atoms with Crippen molar-refractivity contribution in [3.05, 3.63) is 73.1 Å². The number of nitrogens with one attached hydrogen (secondary N) is 2. The summed E-state index contributed by atoms with van der Waals surface area (Å²) in [5, 5.41) is 8.35. The number of methoxy groups -OCH3 is 1. The predicted molar refractivity (Wildman–Crippen MR) is 109 cm³/mol. The summed E-state index contributed by atoms with van der Waals surface area (Å²) in [6.07, 6.45) is 12.2. The third kappa shape index (κ3) is 6.08. The number of aromatic carboxylic acids is 1. The number of esters is 1. The van der Waals surface area contributed by atoms with E-state index in [4.69, 9.17) is 16.6 Å². The summed E-state index contributed by atoms with van der Waals surface area (Å²) in [7, 11) is 1.31. The number of imidazole rings is 2. The Morgan fingerprint density at radius 2 is 1.42 bits per heavy atom. The van der Waals surface area contributed by atoms with Gasteiger partial charge in [-0.15, -0.1) is 0 Å². The number of nitrogen functional groups attached to an aromatic ring is 2. The third-order valence-corrected chi connectivity index (χ3v) is 3.64. The number of aromatic nitrogens is 6. The van der Waals surface area contributed by atoms with E-state index in [9.17, 15) is 14.4 Å². The van der Waals surface area contributed by atoms with Crippen LogP contribution in [0.2, 0.25) is 0 Å². The molecule has 13 nitrogen and oxygen atoms in total. The number of hydrogen-bond donors (Lipinski definition) is 5. The lowest BCUT2D eigenvalue weighted by atomic mass is 10.3. The highest BCUT2D eigenvalue weighted by Gasteiger charge is 2.09. The lowest BCUT2D eigenvalue weighted by molar-refractivity contribution is 0.0601. The molecule has 0 aliphatic carbocycles. The molecule has 0 fully saturated rings. The first kappa shape index (κ1) is 22.5. The smallest absolute Gasteiger partial charge is 0.341 e. The van der Waals surface area contributed by atoms with E-state index in [1.165, 1.54) is 41.2 Å². The van der Waals surface area contributed by atoms with Crippen molar-refractivity contribution in [3.8, 4) is 0 Å². The molecule has 7 N–H and O–H groups in total.